The van der Waals surface area contributed by atoms with Crippen molar-refractivity contribution >= 4 is 23.6 Å². The van der Waals surface area contributed by atoms with Crippen LogP contribution in [0.25, 0.3) is 11.1 Å². The molecule has 2 aromatic carbocycles. The number of carbonyl (C=O) groups excluding carboxylic acids is 4. The minimum absolute atomic E-state index is 0.0570. The number of aldehydes is 1. The van der Waals surface area contributed by atoms with Crippen LogP contribution in [0.4, 0.5) is 0 Å². The summed E-state index contributed by atoms with van der Waals surface area (Å²) < 4.78 is 0. The van der Waals surface area contributed by atoms with E-state index < -0.39 is 17.3 Å². The summed E-state index contributed by atoms with van der Waals surface area (Å²) in [6.07, 6.45) is 0.124. The molecule has 0 saturated heterocycles. The molecule has 0 atom stereocenters. The number of benzene rings is 3. The van der Waals surface area contributed by atoms with Crippen molar-refractivity contribution < 1.29 is 19.2 Å². The number of rotatable bonds is 5. The molecule has 2 aliphatic rings. The second kappa shape index (κ2) is 7.49. The molecule has 26 heavy (non-hydrogen) atoms. The van der Waals surface area contributed by atoms with Gasteiger partial charge in [-0.1, -0.05) is 72.8 Å². The average Bonchev–Trinajstić information content (AvgIpc) is 3.32. The van der Waals surface area contributed by atoms with Crippen LogP contribution in [-0.2, 0) is 4.79 Å². The van der Waals surface area contributed by atoms with E-state index in [0.717, 1.165) is 0 Å². The Hall–Kier alpha value is -3.66. The Bertz CT molecular complexity index is 986. The first kappa shape index (κ1) is 17.2. The fourth-order valence-electron chi connectivity index (χ4n) is 2.48. The third-order valence-electron chi connectivity index (χ3n) is 3.90. The van der Waals surface area contributed by atoms with E-state index in [2.05, 4.69) is 24.3 Å². The molecule has 0 amide bonds. The van der Waals surface area contributed by atoms with Gasteiger partial charge in [0.2, 0.25) is 17.3 Å². The van der Waals surface area contributed by atoms with Crippen LogP contribution >= 0.6 is 0 Å². The number of ketones is 3. The first-order valence-corrected chi connectivity index (χ1v) is 7.95. The highest BCUT2D eigenvalue weighted by molar-refractivity contribution is 6.51. The summed E-state index contributed by atoms with van der Waals surface area (Å²) in [6, 6.07) is 22.3. The maximum absolute atomic E-state index is 12.2. The Labute approximate surface area is 150 Å². The van der Waals surface area contributed by atoms with Gasteiger partial charge in [0.05, 0.1) is 0 Å². The zero-order valence-electron chi connectivity index (χ0n) is 13.7. The van der Waals surface area contributed by atoms with E-state index in [1.807, 2.05) is 0 Å². The Morgan fingerprint density at radius 3 is 1.69 bits per heavy atom. The lowest BCUT2D eigenvalue weighted by molar-refractivity contribution is -0.104. The van der Waals surface area contributed by atoms with Crippen molar-refractivity contribution in [1.29, 1.82) is 0 Å². The Morgan fingerprint density at radius 1 is 0.615 bits per heavy atom. The molecule has 0 heterocycles. The third kappa shape index (κ3) is 3.70. The summed E-state index contributed by atoms with van der Waals surface area (Å²) in [7, 11) is 0. The summed E-state index contributed by atoms with van der Waals surface area (Å²) >= 11 is 0. The van der Waals surface area contributed by atoms with Gasteiger partial charge in [-0.2, -0.15) is 0 Å². The molecule has 0 bridgehead atoms. The molecule has 0 saturated carbocycles. The van der Waals surface area contributed by atoms with Gasteiger partial charge in [-0.25, -0.2) is 0 Å². The molecule has 2 aliphatic carbocycles. The number of hydrogen-bond acceptors (Lipinski definition) is 4. The minimum Gasteiger partial charge on any atom is -0.294 e. The second-order valence-electron chi connectivity index (χ2n) is 5.63. The topological polar surface area (TPSA) is 68.3 Å². The second-order valence-corrected chi connectivity index (χ2v) is 5.63. The fraction of sp³-hybridized carbons (Fsp3) is 0. The van der Waals surface area contributed by atoms with Crippen LogP contribution < -0.4 is 0 Å². The molecular formula is C22H14O4. The highest BCUT2D eigenvalue weighted by Crippen LogP contribution is 2.32. The van der Waals surface area contributed by atoms with Crippen LogP contribution in [0.1, 0.15) is 31.1 Å². The number of hydrogen-bond donors (Lipinski definition) is 0. The zero-order chi connectivity index (χ0) is 18.5. The van der Waals surface area contributed by atoms with E-state index in [-0.39, 0.29) is 23.0 Å². The van der Waals surface area contributed by atoms with E-state index >= 15 is 0 Å². The van der Waals surface area contributed by atoms with Crippen LogP contribution in [0.3, 0.4) is 0 Å². The molecule has 0 aliphatic heterocycles. The summed E-state index contributed by atoms with van der Waals surface area (Å²) in [5.41, 5.74) is 2.98. The quantitative estimate of drug-likeness (QED) is 0.314. The molecule has 0 fully saturated rings. The monoisotopic (exact) mass is 342 g/mol. The van der Waals surface area contributed by atoms with Gasteiger partial charge in [0, 0.05) is 16.7 Å². The summed E-state index contributed by atoms with van der Waals surface area (Å²) in [5.74, 6) is -2.34. The van der Waals surface area contributed by atoms with Gasteiger partial charge in [0.1, 0.15) is 0 Å². The number of carbonyl (C=O) groups is 4. The predicted octanol–water partition coefficient (Wildman–Crippen LogP) is 3.80. The van der Waals surface area contributed by atoms with E-state index in [0.29, 0.717) is 0 Å². The van der Waals surface area contributed by atoms with Crippen molar-refractivity contribution in [2.75, 3.05) is 0 Å². The molecule has 4 heteroatoms. The largest absolute Gasteiger partial charge is 0.294 e. The summed E-state index contributed by atoms with van der Waals surface area (Å²) in [6.45, 7) is 0. The van der Waals surface area contributed by atoms with Gasteiger partial charge in [0.15, 0.2) is 6.29 Å². The number of fused-ring (bicyclic) bond motifs is 1. The van der Waals surface area contributed by atoms with Crippen molar-refractivity contribution in [3.8, 4) is 11.1 Å². The lowest BCUT2D eigenvalue weighted by Gasteiger charge is -2.04. The Morgan fingerprint density at radius 2 is 1.19 bits per heavy atom. The Kier molecular flexibility index (Phi) is 4.94. The average molecular weight is 342 g/mol. The van der Waals surface area contributed by atoms with Crippen LogP contribution in [0.5, 0.6) is 0 Å². The van der Waals surface area contributed by atoms with Crippen molar-refractivity contribution in [2.24, 2.45) is 0 Å². The van der Waals surface area contributed by atoms with Gasteiger partial charge in [0.25, 0.3) is 0 Å². The van der Waals surface area contributed by atoms with Gasteiger partial charge in [-0.05, 0) is 17.2 Å². The van der Waals surface area contributed by atoms with Gasteiger partial charge >= 0.3 is 0 Å². The lowest BCUT2D eigenvalue weighted by atomic mass is 9.96. The first-order chi connectivity index (χ1) is 12.6. The van der Waals surface area contributed by atoms with Crippen molar-refractivity contribution in [3.05, 3.63) is 95.6 Å². The molecule has 0 spiro atoms. The van der Waals surface area contributed by atoms with E-state index in [1.165, 1.54) is 47.5 Å². The van der Waals surface area contributed by atoms with E-state index in [1.54, 1.807) is 18.2 Å². The standard InChI is InChI=1S/C16H10O4.C6H4/c17-10-14(18)12-8-4-5-9-13(12)16(20)15(19)11-6-2-1-3-7-11;1-2-5-4-6(5)3-1/h1-10H;1-4H. The summed E-state index contributed by atoms with van der Waals surface area (Å²) in [4.78, 5) is 46.3. The fourth-order valence-corrected chi connectivity index (χ4v) is 2.48. The molecule has 4 nitrogen and oxygen atoms in total. The maximum Gasteiger partial charge on any atom is 0.234 e. The van der Waals surface area contributed by atoms with Crippen molar-refractivity contribution in [2.45, 2.75) is 0 Å². The first-order valence-electron chi connectivity index (χ1n) is 7.95. The van der Waals surface area contributed by atoms with E-state index in [9.17, 15) is 19.2 Å². The van der Waals surface area contributed by atoms with Gasteiger partial charge in [-0.3, -0.25) is 19.2 Å². The zero-order valence-corrected chi connectivity index (χ0v) is 13.7. The Balaban J connectivity index is 0.000000269. The third-order valence-corrected chi connectivity index (χ3v) is 3.90. The van der Waals surface area contributed by atoms with Gasteiger partial charge < -0.3 is 0 Å². The summed E-state index contributed by atoms with van der Waals surface area (Å²) in [5, 5.41) is 0. The number of Topliss-reactive ketones (excluding diaryl/α,β-unsaturated/α-hetero) is 3. The molecular weight excluding hydrogens is 328 g/mol. The highest BCUT2D eigenvalue weighted by Gasteiger charge is 2.22. The SMILES string of the molecule is O=CC(=O)c1ccccc1C(=O)C(=O)c1ccccc1.c1cc2cc-2c1. The van der Waals surface area contributed by atoms with Crippen LogP contribution in [0.15, 0.2) is 78.9 Å². The minimum atomic E-state index is -0.824. The molecule has 2 aromatic rings. The maximum atomic E-state index is 12.2. The molecule has 0 N–H and O–H groups in total. The molecule has 4 rings (SSSR count). The molecule has 0 unspecified atom stereocenters. The normalized spacial score (nSPS) is 10.2. The van der Waals surface area contributed by atoms with Crippen LogP contribution in [-0.4, -0.2) is 23.6 Å². The lowest BCUT2D eigenvalue weighted by Crippen LogP contribution is -2.18. The molecule has 0 radical (unpaired) electrons. The van der Waals surface area contributed by atoms with Crippen molar-refractivity contribution in [1.82, 2.24) is 0 Å². The van der Waals surface area contributed by atoms with E-state index in [4.69, 9.17) is 0 Å². The van der Waals surface area contributed by atoms with Gasteiger partial charge in [-0.15, -0.1) is 0 Å². The van der Waals surface area contributed by atoms with Crippen LogP contribution in [0, 0.1) is 0 Å². The van der Waals surface area contributed by atoms with Crippen molar-refractivity contribution in [3.63, 3.8) is 0 Å². The smallest absolute Gasteiger partial charge is 0.234 e. The predicted molar refractivity (Wildman–Crippen MR) is 97.4 cm³/mol. The molecule has 126 valence electrons. The van der Waals surface area contributed by atoms with Crippen LogP contribution in [0.2, 0.25) is 0 Å². The highest BCUT2D eigenvalue weighted by atomic mass is 16.2. The molecule has 0 aromatic heterocycles.